The lowest BCUT2D eigenvalue weighted by molar-refractivity contribution is 0.0942. The van der Waals surface area contributed by atoms with Crippen molar-refractivity contribution in [3.63, 3.8) is 0 Å². The monoisotopic (exact) mass is 415 g/mol. The Kier molecular flexibility index (Phi) is 7.65. The van der Waals surface area contributed by atoms with Crippen molar-refractivity contribution in [1.82, 2.24) is 20.4 Å². The molecule has 1 fully saturated rings. The number of pyridine rings is 1. The molecule has 0 unspecified atom stereocenters. The van der Waals surface area contributed by atoms with Crippen molar-refractivity contribution >= 4 is 11.9 Å². The first kappa shape index (κ1) is 22.1. The Morgan fingerprint density at radius 2 is 2.03 bits per heavy atom. The van der Waals surface area contributed by atoms with Crippen molar-refractivity contribution in [2.75, 3.05) is 24.6 Å². The number of rotatable bonds is 9. The topological polar surface area (TPSA) is 93.4 Å². The van der Waals surface area contributed by atoms with Crippen LogP contribution >= 0.6 is 0 Å². The van der Waals surface area contributed by atoms with Gasteiger partial charge in [-0.1, -0.05) is 19.0 Å². The summed E-state index contributed by atoms with van der Waals surface area (Å²) in [5, 5.41) is 6.90. The van der Waals surface area contributed by atoms with Crippen LogP contribution in [0.25, 0.3) is 0 Å². The molecule has 3 rings (SSSR count). The Morgan fingerprint density at radius 1 is 1.27 bits per heavy atom. The van der Waals surface area contributed by atoms with Gasteiger partial charge in [0.05, 0.1) is 12.2 Å². The SMILES string of the molecule is CC(C)NC(=O)c1ccc(OCCCC2CCN(c3nc(C(C)C)no3)CC2)nc1. The van der Waals surface area contributed by atoms with Crippen molar-refractivity contribution in [3.8, 4) is 5.88 Å². The van der Waals surface area contributed by atoms with E-state index in [2.05, 4.69) is 39.2 Å². The van der Waals surface area contributed by atoms with Gasteiger partial charge in [-0.2, -0.15) is 4.98 Å². The molecule has 0 aliphatic carbocycles. The van der Waals surface area contributed by atoms with Crippen LogP contribution in [-0.4, -0.2) is 46.8 Å². The molecule has 2 aromatic heterocycles. The van der Waals surface area contributed by atoms with Gasteiger partial charge in [0.1, 0.15) is 0 Å². The van der Waals surface area contributed by atoms with Crippen molar-refractivity contribution < 1.29 is 14.1 Å². The van der Waals surface area contributed by atoms with Gasteiger partial charge in [-0.05, 0) is 51.5 Å². The molecule has 1 aliphatic heterocycles. The quantitative estimate of drug-likeness (QED) is 0.623. The average Bonchev–Trinajstić information content (AvgIpc) is 3.22. The van der Waals surface area contributed by atoms with E-state index in [1.165, 1.54) is 0 Å². The number of amides is 1. The largest absolute Gasteiger partial charge is 0.478 e. The highest BCUT2D eigenvalue weighted by Gasteiger charge is 2.23. The summed E-state index contributed by atoms with van der Waals surface area (Å²) < 4.78 is 11.1. The molecule has 0 aromatic carbocycles. The molecule has 0 spiro atoms. The van der Waals surface area contributed by atoms with Gasteiger partial charge in [0.15, 0.2) is 5.82 Å². The fraction of sp³-hybridized carbons (Fsp3) is 0.636. The molecule has 1 saturated heterocycles. The van der Waals surface area contributed by atoms with Crippen molar-refractivity contribution in [1.29, 1.82) is 0 Å². The van der Waals surface area contributed by atoms with Crippen LogP contribution in [0.3, 0.4) is 0 Å². The smallest absolute Gasteiger partial charge is 0.324 e. The zero-order chi connectivity index (χ0) is 21.5. The van der Waals surface area contributed by atoms with E-state index in [0.29, 0.717) is 30.0 Å². The van der Waals surface area contributed by atoms with Gasteiger partial charge in [0.25, 0.3) is 5.91 Å². The maximum atomic E-state index is 11.9. The van der Waals surface area contributed by atoms with Gasteiger partial charge >= 0.3 is 6.01 Å². The number of aromatic nitrogens is 3. The second-order valence-corrected chi connectivity index (χ2v) is 8.52. The zero-order valence-corrected chi connectivity index (χ0v) is 18.4. The van der Waals surface area contributed by atoms with E-state index in [1.807, 2.05) is 13.8 Å². The number of anilines is 1. The van der Waals surface area contributed by atoms with Gasteiger partial charge in [-0.3, -0.25) is 4.79 Å². The van der Waals surface area contributed by atoms with E-state index in [-0.39, 0.29) is 17.9 Å². The second kappa shape index (κ2) is 10.4. The number of carbonyl (C=O) groups excluding carboxylic acids is 1. The van der Waals surface area contributed by atoms with Crippen LogP contribution in [0.5, 0.6) is 5.88 Å². The molecular weight excluding hydrogens is 382 g/mol. The lowest BCUT2D eigenvalue weighted by atomic mass is 9.92. The first-order chi connectivity index (χ1) is 14.4. The Balaban J connectivity index is 1.34. The van der Waals surface area contributed by atoms with Gasteiger partial charge in [0.2, 0.25) is 5.88 Å². The Labute approximate surface area is 178 Å². The molecule has 8 heteroatoms. The summed E-state index contributed by atoms with van der Waals surface area (Å²) >= 11 is 0. The molecule has 30 heavy (non-hydrogen) atoms. The highest BCUT2D eigenvalue weighted by molar-refractivity contribution is 5.94. The maximum absolute atomic E-state index is 11.9. The Bertz CT molecular complexity index is 795. The molecule has 164 valence electrons. The van der Waals surface area contributed by atoms with E-state index in [9.17, 15) is 4.79 Å². The van der Waals surface area contributed by atoms with Crippen molar-refractivity contribution in [2.45, 2.75) is 65.3 Å². The number of hydrogen-bond acceptors (Lipinski definition) is 7. The van der Waals surface area contributed by atoms with E-state index in [4.69, 9.17) is 9.26 Å². The first-order valence-corrected chi connectivity index (χ1v) is 10.9. The van der Waals surface area contributed by atoms with Gasteiger partial charge in [0, 0.05) is 37.3 Å². The van der Waals surface area contributed by atoms with Gasteiger partial charge in [-0.15, -0.1) is 0 Å². The molecule has 2 aromatic rings. The number of hydrogen-bond donors (Lipinski definition) is 1. The van der Waals surface area contributed by atoms with E-state index in [0.717, 1.165) is 44.6 Å². The van der Waals surface area contributed by atoms with Crippen LogP contribution in [0.4, 0.5) is 6.01 Å². The standard InChI is InChI=1S/C22H33N5O3/c1-15(2)20-25-22(30-26-20)27-11-9-17(10-12-27)6-5-13-29-19-8-7-18(14-23-19)21(28)24-16(3)4/h7-8,14-17H,5-6,9-13H2,1-4H3,(H,24,28). The minimum absolute atomic E-state index is 0.102. The van der Waals surface area contributed by atoms with Crippen LogP contribution < -0.4 is 15.0 Å². The van der Waals surface area contributed by atoms with Crippen molar-refractivity contribution in [2.24, 2.45) is 5.92 Å². The van der Waals surface area contributed by atoms with Crippen LogP contribution in [0, 0.1) is 5.92 Å². The molecule has 0 bridgehead atoms. The van der Waals surface area contributed by atoms with E-state index in [1.54, 1.807) is 18.3 Å². The number of carbonyl (C=O) groups is 1. The molecule has 0 saturated carbocycles. The van der Waals surface area contributed by atoms with Crippen molar-refractivity contribution in [3.05, 3.63) is 29.7 Å². The second-order valence-electron chi connectivity index (χ2n) is 8.52. The first-order valence-electron chi connectivity index (χ1n) is 10.9. The third kappa shape index (κ3) is 6.18. The molecule has 1 aliphatic rings. The minimum Gasteiger partial charge on any atom is -0.478 e. The molecule has 0 atom stereocenters. The number of nitrogens with one attached hydrogen (secondary N) is 1. The number of nitrogens with zero attached hydrogens (tertiary/aromatic N) is 4. The predicted octanol–water partition coefficient (Wildman–Crippen LogP) is 3.80. The highest BCUT2D eigenvalue weighted by atomic mass is 16.5. The highest BCUT2D eigenvalue weighted by Crippen LogP contribution is 2.26. The summed E-state index contributed by atoms with van der Waals surface area (Å²) in [6.07, 6.45) is 5.92. The maximum Gasteiger partial charge on any atom is 0.324 e. The predicted molar refractivity (Wildman–Crippen MR) is 115 cm³/mol. The lowest BCUT2D eigenvalue weighted by Gasteiger charge is -2.30. The fourth-order valence-corrected chi connectivity index (χ4v) is 3.50. The third-order valence-corrected chi connectivity index (χ3v) is 5.26. The normalized spacial score (nSPS) is 15.1. The molecule has 1 N–H and O–H groups in total. The molecular formula is C22H33N5O3. The minimum atomic E-state index is -0.114. The third-order valence-electron chi connectivity index (χ3n) is 5.26. The summed E-state index contributed by atoms with van der Waals surface area (Å²) in [7, 11) is 0. The number of piperidine rings is 1. The molecule has 3 heterocycles. The summed E-state index contributed by atoms with van der Waals surface area (Å²) in [4.78, 5) is 22.9. The fourth-order valence-electron chi connectivity index (χ4n) is 3.50. The van der Waals surface area contributed by atoms with Gasteiger partial charge in [-0.25, -0.2) is 4.98 Å². The van der Waals surface area contributed by atoms with Crippen LogP contribution in [0.15, 0.2) is 22.9 Å². The Morgan fingerprint density at radius 3 is 2.63 bits per heavy atom. The molecule has 8 nitrogen and oxygen atoms in total. The van der Waals surface area contributed by atoms with E-state index >= 15 is 0 Å². The van der Waals surface area contributed by atoms with Crippen LogP contribution in [0.2, 0.25) is 0 Å². The summed E-state index contributed by atoms with van der Waals surface area (Å²) in [6, 6.07) is 4.25. The summed E-state index contributed by atoms with van der Waals surface area (Å²) in [6.45, 7) is 10.5. The zero-order valence-electron chi connectivity index (χ0n) is 18.4. The van der Waals surface area contributed by atoms with E-state index < -0.39 is 0 Å². The molecule has 0 radical (unpaired) electrons. The average molecular weight is 416 g/mol. The molecule has 1 amide bonds. The summed E-state index contributed by atoms with van der Waals surface area (Å²) in [5.74, 6) is 2.18. The summed E-state index contributed by atoms with van der Waals surface area (Å²) in [5.41, 5.74) is 0.546. The Hall–Kier alpha value is -2.64. The number of ether oxygens (including phenoxy) is 1. The van der Waals surface area contributed by atoms with Gasteiger partial charge < -0.3 is 19.5 Å². The van der Waals surface area contributed by atoms with Crippen LogP contribution in [-0.2, 0) is 0 Å². The lowest BCUT2D eigenvalue weighted by Crippen LogP contribution is -2.34. The van der Waals surface area contributed by atoms with Crippen LogP contribution in [0.1, 0.15) is 75.5 Å².